The monoisotopic (exact) mass is 322 g/mol. The Bertz CT molecular complexity index is 322. The van der Waals surface area contributed by atoms with Crippen LogP contribution in [0.3, 0.4) is 0 Å². The molecular formula is C14H26O8. The second-order valence-electron chi connectivity index (χ2n) is 5.25. The minimum absolute atomic E-state index is 0.0000210. The number of ether oxygens (including phenoxy) is 3. The van der Waals surface area contributed by atoms with Crippen LogP contribution in [0.4, 0.5) is 0 Å². The van der Waals surface area contributed by atoms with E-state index in [-0.39, 0.29) is 19.2 Å². The molecule has 5 atom stereocenters. The highest BCUT2D eigenvalue weighted by molar-refractivity contribution is 5.69. The van der Waals surface area contributed by atoms with Crippen LogP contribution in [0.5, 0.6) is 0 Å². The van der Waals surface area contributed by atoms with Crippen molar-refractivity contribution < 1.29 is 39.4 Å². The summed E-state index contributed by atoms with van der Waals surface area (Å²) >= 11 is 0. The van der Waals surface area contributed by atoms with Crippen LogP contribution < -0.4 is 0 Å². The fourth-order valence-electron chi connectivity index (χ4n) is 2.12. The second-order valence-corrected chi connectivity index (χ2v) is 5.25. The average Bonchev–Trinajstić information content (AvgIpc) is 2.51. The van der Waals surface area contributed by atoms with Gasteiger partial charge < -0.3 is 34.6 Å². The van der Waals surface area contributed by atoms with E-state index in [1.54, 1.807) is 0 Å². The predicted molar refractivity (Wildman–Crippen MR) is 74.8 cm³/mol. The fraction of sp³-hybridized carbons (Fsp3) is 0.929. The van der Waals surface area contributed by atoms with E-state index in [0.29, 0.717) is 6.42 Å². The smallest absolute Gasteiger partial charge is 0.305 e. The lowest BCUT2D eigenvalue weighted by molar-refractivity contribution is -0.302. The zero-order valence-electron chi connectivity index (χ0n) is 12.8. The van der Waals surface area contributed by atoms with Crippen molar-refractivity contribution in [1.82, 2.24) is 0 Å². The normalized spacial score (nSPS) is 32.0. The lowest BCUT2D eigenvalue weighted by Gasteiger charge is -2.39. The maximum Gasteiger partial charge on any atom is 0.305 e. The highest BCUT2D eigenvalue weighted by atomic mass is 16.7. The quantitative estimate of drug-likeness (QED) is 0.312. The number of unbranched alkanes of at least 4 members (excludes halogenated alkanes) is 2. The first-order chi connectivity index (χ1) is 10.5. The van der Waals surface area contributed by atoms with Gasteiger partial charge in [0, 0.05) is 6.42 Å². The molecular weight excluding hydrogens is 296 g/mol. The summed E-state index contributed by atoms with van der Waals surface area (Å²) in [4.78, 5) is 11.4. The summed E-state index contributed by atoms with van der Waals surface area (Å²) in [6, 6.07) is 0. The predicted octanol–water partition coefficient (Wildman–Crippen LogP) is -1.07. The molecule has 1 aliphatic heterocycles. The van der Waals surface area contributed by atoms with Gasteiger partial charge in [0.2, 0.25) is 0 Å². The van der Waals surface area contributed by atoms with Gasteiger partial charge in [-0.3, -0.25) is 4.79 Å². The number of rotatable bonds is 9. The maximum atomic E-state index is 11.4. The number of aliphatic hydroxyl groups is 4. The first kappa shape index (κ1) is 19.3. The molecule has 8 nitrogen and oxygen atoms in total. The number of hydrogen-bond acceptors (Lipinski definition) is 8. The molecule has 0 aliphatic carbocycles. The van der Waals surface area contributed by atoms with E-state index in [1.807, 2.05) is 6.92 Å². The van der Waals surface area contributed by atoms with Crippen molar-refractivity contribution in [3.8, 4) is 0 Å². The summed E-state index contributed by atoms with van der Waals surface area (Å²) < 4.78 is 15.3. The van der Waals surface area contributed by atoms with Gasteiger partial charge in [-0.05, 0) is 6.42 Å². The number of hydrogen-bond donors (Lipinski definition) is 4. The molecule has 0 spiro atoms. The highest BCUT2D eigenvalue weighted by Crippen LogP contribution is 2.21. The molecule has 1 heterocycles. The molecule has 0 unspecified atom stereocenters. The van der Waals surface area contributed by atoms with E-state index in [9.17, 15) is 20.1 Å². The molecule has 8 heteroatoms. The Morgan fingerprint density at radius 2 is 1.82 bits per heavy atom. The summed E-state index contributed by atoms with van der Waals surface area (Å²) in [7, 11) is 0. The van der Waals surface area contributed by atoms with E-state index in [0.717, 1.165) is 19.3 Å². The zero-order valence-corrected chi connectivity index (χ0v) is 12.8. The van der Waals surface area contributed by atoms with Gasteiger partial charge in [-0.2, -0.15) is 0 Å². The Morgan fingerprint density at radius 1 is 1.09 bits per heavy atom. The third kappa shape index (κ3) is 5.79. The van der Waals surface area contributed by atoms with Gasteiger partial charge in [0.25, 0.3) is 0 Å². The van der Waals surface area contributed by atoms with Crippen LogP contribution in [0.25, 0.3) is 0 Å². The van der Waals surface area contributed by atoms with Crippen molar-refractivity contribution in [3.63, 3.8) is 0 Å². The zero-order chi connectivity index (χ0) is 16.5. The number of aliphatic hydroxyl groups excluding tert-OH is 4. The van der Waals surface area contributed by atoms with Gasteiger partial charge in [0.05, 0.1) is 13.2 Å². The number of carbonyl (C=O) groups excluding carboxylic acids is 1. The van der Waals surface area contributed by atoms with Crippen molar-refractivity contribution in [2.24, 2.45) is 0 Å². The van der Waals surface area contributed by atoms with E-state index in [4.69, 9.17) is 19.3 Å². The lowest BCUT2D eigenvalue weighted by atomic mass is 9.99. The summed E-state index contributed by atoms with van der Waals surface area (Å²) in [6.45, 7) is 1.50. The van der Waals surface area contributed by atoms with Crippen molar-refractivity contribution in [2.75, 3.05) is 19.8 Å². The van der Waals surface area contributed by atoms with Gasteiger partial charge >= 0.3 is 5.97 Å². The van der Waals surface area contributed by atoms with Crippen molar-refractivity contribution in [1.29, 1.82) is 0 Å². The molecule has 22 heavy (non-hydrogen) atoms. The van der Waals surface area contributed by atoms with Gasteiger partial charge in [-0.1, -0.05) is 19.8 Å². The molecule has 1 rings (SSSR count). The Morgan fingerprint density at radius 3 is 2.45 bits per heavy atom. The van der Waals surface area contributed by atoms with Crippen molar-refractivity contribution in [2.45, 2.75) is 63.3 Å². The van der Waals surface area contributed by atoms with E-state index in [1.165, 1.54) is 0 Å². The van der Waals surface area contributed by atoms with Crippen LogP contribution in [-0.2, 0) is 19.0 Å². The van der Waals surface area contributed by atoms with Crippen LogP contribution in [-0.4, -0.2) is 76.9 Å². The van der Waals surface area contributed by atoms with Crippen molar-refractivity contribution in [3.05, 3.63) is 0 Å². The molecule has 130 valence electrons. The number of esters is 1. The van der Waals surface area contributed by atoms with E-state index < -0.39 is 37.3 Å². The van der Waals surface area contributed by atoms with E-state index >= 15 is 0 Å². The molecule has 0 aromatic carbocycles. The van der Waals surface area contributed by atoms with Crippen LogP contribution in [0.15, 0.2) is 0 Å². The summed E-state index contributed by atoms with van der Waals surface area (Å²) in [5.41, 5.74) is 0. The first-order valence-corrected chi connectivity index (χ1v) is 7.59. The average molecular weight is 322 g/mol. The molecule has 0 bridgehead atoms. The van der Waals surface area contributed by atoms with Crippen LogP contribution in [0, 0.1) is 0 Å². The molecule has 1 aliphatic rings. The molecule has 1 fully saturated rings. The number of carbonyl (C=O) groups is 1. The molecule has 4 N–H and O–H groups in total. The van der Waals surface area contributed by atoms with Gasteiger partial charge in [-0.25, -0.2) is 0 Å². The minimum atomic E-state index is -1.48. The van der Waals surface area contributed by atoms with Gasteiger partial charge in [0.1, 0.15) is 31.0 Å². The fourth-order valence-corrected chi connectivity index (χ4v) is 2.12. The second kappa shape index (κ2) is 10.1. The van der Waals surface area contributed by atoms with Gasteiger partial charge in [-0.15, -0.1) is 0 Å². The van der Waals surface area contributed by atoms with Gasteiger partial charge in [0.15, 0.2) is 6.29 Å². The molecule has 1 saturated heterocycles. The molecule has 0 aromatic rings. The first-order valence-electron chi connectivity index (χ1n) is 7.59. The molecule has 0 saturated carbocycles. The standard InChI is InChI=1S/C14H26O8/c1-2-3-4-5-10(16)20-6-7-21-14-13(19)12(18)11(17)9(8-15)22-14/h9,11-15,17-19H,2-8H2,1H3/t9-,11+,12+,13-,14-/m1/s1. The molecule has 0 radical (unpaired) electrons. The van der Waals surface area contributed by atoms with Crippen molar-refractivity contribution >= 4 is 5.97 Å². The Hall–Kier alpha value is -0.770. The Kier molecular flexibility index (Phi) is 8.84. The summed E-state index contributed by atoms with van der Waals surface area (Å²) in [6.07, 6.45) is -3.43. The Balaban J connectivity index is 2.24. The topological polar surface area (TPSA) is 126 Å². The van der Waals surface area contributed by atoms with Crippen LogP contribution >= 0.6 is 0 Å². The maximum absolute atomic E-state index is 11.4. The van der Waals surface area contributed by atoms with Crippen LogP contribution in [0.1, 0.15) is 32.6 Å². The Labute approximate surface area is 129 Å². The third-order valence-corrected chi connectivity index (χ3v) is 3.46. The minimum Gasteiger partial charge on any atom is -0.463 e. The lowest BCUT2D eigenvalue weighted by Crippen LogP contribution is -2.59. The summed E-state index contributed by atoms with van der Waals surface area (Å²) in [5.74, 6) is -0.314. The molecule has 0 amide bonds. The highest BCUT2D eigenvalue weighted by Gasteiger charge is 2.43. The third-order valence-electron chi connectivity index (χ3n) is 3.46. The summed E-state index contributed by atoms with van der Waals surface area (Å²) in [5, 5.41) is 37.9. The SMILES string of the molecule is CCCCCC(=O)OCCO[C@@H]1O[C@H](CO)[C@H](O)[C@H](O)[C@H]1O. The largest absolute Gasteiger partial charge is 0.463 e. The van der Waals surface area contributed by atoms with E-state index in [2.05, 4.69) is 0 Å². The molecule has 0 aromatic heterocycles. The van der Waals surface area contributed by atoms with Crippen LogP contribution in [0.2, 0.25) is 0 Å².